The second kappa shape index (κ2) is 6.70. The summed E-state index contributed by atoms with van der Waals surface area (Å²) >= 11 is 0. The molecule has 0 aromatic carbocycles. The zero-order chi connectivity index (χ0) is 14.5. The lowest BCUT2D eigenvalue weighted by molar-refractivity contribution is -0.141. The van der Waals surface area contributed by atoms with Crippen molar-refractivity contribution >= 4 is 15.8 Å². The number of esters is 1. The van der Waals surface area contributed by atoms with Gasteiger partial charge in [-0.15, -0.1) is 0 Å². The van der Waals surface area contributed by atoms with Crippen molar-refractivity contribution in [2.75, 3.05) is 25.2 Å². The molecule has 1 aliphatic carbocycles. The monoisotopic (exact) mass is 291 g/mol. The van der Waals surface area contributed by atoms with E-state index >= 15 is 0 Å². The first-order valence-corrected chi connectivity index (χ1v) is 8.65. The fraction of sp³-hybridized carbons (Fsp3) is 0.923. The molecule has 1 atom stereocenters. The Morgan fingerprint density at radius 3 is 2.53 bits per heavy atom. The van der Waals surface area contributed by atoms with Crippen LogP contribution in [0.15, 0.2) is 0 Å². The van der Waals surface area contributed by atoms with Crippen LogP contribution in [0.4, 0.5) is 0 Å². The van der Waals surface area contributed by atoms with Crippen LogP contribution in [0.25, 0.3) is 0 Å². The number of nitrogens with one attached hydrogen (secondary N) is 1. The van der Waals surface area contributed by atoms with E-state index in [1.807, 2.05) is 13.8 Å². The van der Waals surface area contributed by atoms with Crippen molar-refractivity contribution in [3.63, 3.8) is 0 Å². The van der Waals surface area contributed by atoms with Gasteiger partial charge in [0.05, 0.1) is 25.0 Å². The van der Waals surface area contributed by atoms with Gasteiger partial charge in [-0.25, -0.2) is 8.42 Å². The number of hydrogen-bond donors (Lipinski definition) is 1. The molecule has 1 N–H and O–H groups in total. The SMILES string of the molecule is CCCNC(C)CS(=O)(=O)CC1(CC(=O)OC)CC1. The van der Waals surface area contributed by atoms with Gasteiger partial charge in [0.15, 0.2) is 9.84 Å². The number of hydrogen-bond acceptors (Lipinski definition) is 5. The fourth-order valence-corrected chi connectivity index (χ4v) is 4.60. The Hall–Kier alpha value is -0.620. The van der Waals surface area contributed by atoms with E-state index in [-0.39, 0.29) is 35.4 Å². The van der Waals surface area contributed by atoms with Gasteiger partial charge in [-0.1, -0.05) is 6.92 Å². The third-order valence-corrected chi connectivity index (χ3v) is 5.54. The lowest BCUT2D eigenvalue weighted by Gasteiger charge is -2.17. The van der Waals surface area contributed by atoms with Crippen LogP contribution in [-0.4, -0.2) is 45.6 Å². The van der Waals surface area contributed by atoms with Crippen LogP contribution in [0.2, 0.25) is 0 Å². The van der Waals surface area contributed by atoms with Crippen LogP contribution in [0.5, 0.6) is 0 Å². The summed E-state index contributed by atoms with van der Waals surface area (Å²) in [6, 6.07) is -0.0427. The summed E-state index contributed by atoms with van der Waals surface area (Å²) in [6.45, 7) is 4.75. The normalized spacial score (nSPS) is 18.9. The number of rotatable bonds is 9. The number of carbonyl (C=O) groups is 1. The smallest absolute Gasteiger partial charge is 0.306 e. The molecule has 0 aliphatic heterocycles. The summed E-state index contributed by atoms with van der Waals surface area (Å²) in [5.41, 5.74) is -0.351. The van der Waals surface area contributed by atoms with E-state index in [2.05, 4.69) is 10.1 Å². The average Bonchev–Trinajstić information content (AvgIpc) is 3.03. The highest BCUT2D eigenvalue weighted by Gasteiger charge is 2.47. The van der Waals surface area contributed by atoms with E-state index in [9.17, 15) is 13.2 Å². The van der Waals surface area contributed by atoms with Gasteiger partial charge in [-0.05, 0) is 38.1 Å². The van der Waals surface area contributed by atoms with Gasteiger partial charge < -0.3 is 10.1 Å². The van der Waals surface area contributed by atoms with E-state index in [0.717, 1.165) is 25.8 Å². The summed E-state index contributed by atoms with van der Waals surface area (Å²) in [4.78, 5) is 11.3. The van der Waals surface area contributed by atoms with Crippen LogP contribution in [-0.2, 0) is 19.4 Å². The van der Waals surface area contributed by atoms with E-state index in [4.69, 9.17) is 0 Å². The Balaban J connectivity index is 2.48. The van der Waals surface area contributed by atoms with Gasteiger partial charge in [0.2, 0.25) is 0 Å². The standard InChI is InChI=1S/C13H25NO4S/c1-4-7-14-11(2)9-19(16,17)10-13(5-6-13)8-12(15)18-3/h11,14H,4-10H2,1-3H3. The second-order valence-corrected chi connectivity index (χ2v) is 7.77. The van der Waals surface area contributed by atoms with Crippen LogP contribution >= 0.6 is 0 Å². The molecule has 1 saturated carbocycles. The quantitative estimate of drug-likeness (QED) is 0.645. The predicted octanol–water partition coefficient (Wildman–Crippen LogP) is 1.13. The minimum absolute atomic E-state index is 0.0427. The first-order chi connectivity index (χ1) is 8.82. The van der Waals surface area contributed by atoms with Crippen molar-refractivity contribution in [2.24, 2.45) is 5.41 Å². The molecule has 19 heavy (non-hydrogen) atoms. The van der Waals surface area contributed by atoms with Crippen LogP contribution in [0.3, 0.4) is 0 Å². The molecule has 1 rings (SSSR count). The van der Waals surface area contributed by atoms with Crippen LogP contribution in [0.1, 0.15) is 39.5 Å². The number of carbonyl (C=O) groups excluding carboxylic acids is 1. The topological polar surface area (TPSA) is 72.5 Å². The Morgan fingerprint density at radius 1 is 1.42 bits per heavy atom. The molecule has 0 spiro atoms. The molecule has 1 unspecified atom stereocenters. The molecule has 5 nitrogen and oxygen atoms in total. The molecule has 0 saturated heterocycles. The largest absolute Gasteiger partial charge is 0.469 e. The van der Waals surface area contributed by atoms with E-state index in [1.165, 1.54) is 7.11 Å². The van der Waals surface area contributed by atoms with Crippen molar-refractivity contribution in [1.29, 1.82) is 0 Å². The minimum Gasteiger partial charge on any atom is -0.469 e. The molecular formula is C13H25NO4S. The summed E-state index contributed by atoms with van der Waals surface area (Å²) in [5.74, 6) is -0.0757. The molecule has 0 bridgehead atoms. The zero-order valence-corrected chi connectivity index (χ0v) is 12.9. The Morgan fingerprint density at radius 2 is 2.05 bits per heavy atom. The Labute approximate surface area is 116 Å². The van der Waals surface area contributed by atoms with E-state index in [1.54, 1.807) is 0 Å². The van der Waals surface area contributed by atoms with Crippen LogP contribution in [0, 0.1) is 5.41 Å². The highest BCUT2D eigenvalue weighted by Crippen LogP contribution is 2.50. The lowest BCUT2D eigenvalue weighted by Crippen LogP contribution is -2.36. The molecule has 112 valence electrons. The van der Waals surface area contributed by atoms with Gasteiger partial charge in [0.25, 0.3) is 0 Å². The Bertz CT molecular complexity index is 401. The van der Waals surface area contributed by atoms with Crippen molar-refractivity contribution in [2.45, 2.75) is 45.6 Å². The maximum Gasteiger partial charge on any atom is 0.306 e. The van der Waals surface area contributed by atoms with E-state index in [0.29, 0.717) is 0 Å². The molecule has 0 aromatic heterocycles. The Kier molecular flexibility index (Phi) is 5.80. The molecule has 6 heteroatoms. The van der Waals surface area contributed by atoms with Gasteiger partial charge >= 0.3 is 5.97 Å². The fourth-order valence-electron chi connectivity index (χ4n) is 2.28. The molecule has 1 aliphatic rings. The number of sulfone groups is 1. The molecule has 0 heterocycles. The molecular weight excluding hydrogens is 266 g/mol. The summed E-state index contributed by atoms with van der Waals surface area (Å²) in [7, 11) is -1.79. The zero-order valence-electron chi connectivity index (χ0n) is 12.1. The second-order valence-electron chi connectivity index (χ2n) is 5.66. The van der Waals surface area contributed by atoms with Gasteiger partial charge in [-0.3, -0.25) is 4.79 Å². The molecule has 0 aromatic rings. The highest BCUT2D eigenvalue weighted by atomic mass is 32.2. The van der Waals surface area contributed by atoms with Crippen molar-refractivity contribution in [3.8, 4) is 0 Å². The summed E-state index contributed by atoms with van der Waals surface area (Å²) in [5, 5.41) is 3.18. The van der Waals surface area contributed by atoms with Crippen molar-refractivity contribution in [1.82, 2.24) is 5.32 Å². The van der Waals surface area contributed by atoms with Gasteiger partial charge in [-0.2, -0.15) is 0 Å². The molecule has 0 radical (unpaired) electrons. The van der Waals surface area contributed by atoms with E-state index < -0.39 is 9.84 Å². The first-order valence-electron chi connectivity index (χ1n) is 6.83. The average molecular weight is 291 g/mol. The lowest BCUT2D eigenvalue weighted by atomic mass is 10.1. The maximum absolute atomic E-state index is 12.1. The third kappa shape index (κ3) is 5.91. The highest BCUT2D eigenvalue weighted by molar-refractivity contribution is 7.91. The van der Waals surface area contributed by atoms with Crippen molar-refractivity contribution < 1.29 is 17.9 Å². The summed E-state index contributed by atoms with van der Waals surface area (Å²) in [6.07, 6.45) is 2.81. The van der Waals surface area contributed by atoms with Crippen molar-refractivity contribution in [3.05, 3.63) is 0 Å². The molecule has 0 amide bonds. The molecule has 1 fully saturated rings. The van der Waals surface area contributed by atoms with Crippen LogP contribution < -0.4 is 5.32 Å². The number of methoxy groups -OCH3 is 1. The summed E-state index contributed by atoms with van der Waals surface area (Å²) < 4.78 is 28.9. The van der Waals surface area contributed by atoms with Gasteiger partial charge in [0.1, 0.15) is 0 Å². The predicted molar refractivity (Wildman–Crippen MR) is 74.7 cm³/mol. The number of ether oxygens (including phenoxy) is 1. The first kappa shape index (κ1) is 16.4. The minimum atomic E-state index is -3.13. The van der Waals surface area contributed by atoms with Gasteiger partial charge in [0, 0.05) is 6.04 Å². The third-order valence-electron chi connectivity index (χ3n) is 3.48. The maximum atomic E-state index is 12.1.